The number of likely N-dealkylation sites (tertiary alicyclic amines) is 1. The number of methoxy groups -OCH3 is 2. The average molecular weight is 493 g/mol. The van der Waals surface area contributed by atoms with Crippen LogP contribution in [0, 0.1) is 19.3 Å². The number of fused-ring (bicyclic) bond motifs is 1. The largest absolute Gasteiger partial charge is 0.497 e. The Balaban J connectivity index is 1.49. The van der Waals surface area contributed by atoms with E-state index < -0.39 is 5.91 Å². The summed E-state index contributed by atoms with van der Waals surface area (Å²) in [6.07, 6.45) is 5.21. The molecule has 5 rings (SSSR count). The zero-order valence-electron chi connectivity index (χ0n) is 20.3. The Hall–Kier alpha value is -3.53. The fourth-order valence-electron chi connectivity index (χ4n) is 4.62. The van der Waals surface area contributed by atoms with Crippen molar-refractivity contribution in [1.29, 1.82) is 5.41 Å². The lowest BCUT2D eigenvalue weighted by Gasteiger charge is -2.26. The standard InChI is InChI=1S/C25H28N6O3S/c1-15-12-17(16(2)30(15)20-9-8-18(33-3)14-21(20)34-4)13-19-22(26)31-24(27-23(19)32)35-25(28-31)29-10-6-5-7-11-29/h8-9,12-14,26H,5-7,10-11H2,1-4H3/b19-13-,26-22?. The summed E-state index contributed by atoms with van der Waals surface area (Å²) in [6, 6.07) is 7.66. The maximum Gasteiger partial charge on any atom is 0.283 e. The van der Waals surface area contributed by atoms with Gasteiger partial charge in [0.15, 0.2) is 11.0 Å². The van der Waals surface area contributed by atoms with Crippen molar-refractivity contribution < 1.29 is 14.3 Å². The number of hydrogen-bond acceptors (Lipinski definition) is 7. The van der Waals surface area contributed by atoms with E-state index in [1.165, 1.54) is 23.2 Å². The molecule has 0 atom stereocenters. The molecule has 10 heteroatoms. The predicted octanol–water partition coefficient (Wildman–Crippen LogP) is 4.17. The van der Waals surface area contributed by atoms with Crippen molar-refractivity contribution in [3.8, 4) is 17.2 Å². The Bertz CT molecular complexity index is 1300. The quantitative estimate of drug-likeness (QED) is 0.644. The second kappa shape index (κ2) is 9.26. The first-order chi connectivity index (χ1) is 16.9. The van der Waals surface area contributed by atoms with Gasteiger partial charge in [-0.05, 0) is 74.7 Å². The lowest BCUT2D eigenvalue weighted by atomic mass is 10.1. The van der Waals surface area contributed by atoms with Gasteiger partial charge in [-0.25, -0.2) is 0 Å². The van der Waals surface area contributed by atoms with Gasteiger partial charge in [-0.3, -0.25) is 10.2 Å². The van der Waals surface area contributed by atoms with Gasteiger partial charge < -0.3 is 18.9 Å². The molecular formula is C25H28N6O3S. The van der Waals surface area contributed by atoms with Gasteiger partial charge in [-0.1, -0.05) is 0 Å². The summed E-state index contributed by atoms with van der Waals surface area (Å²) in [5.41, 5.74) is 3.81. The number of thioether (sulfide) groups is 1. The van der Waals surface area contributed by atoms with Gasteiger partial charge in [0, 0.05) is 30.5 Å². The molecule has 1 fully saturated rings. The highest BCUT2D eigenvalue weighted by molar-refractivity contribution is 8.26. The molecule has 0 radical (unpaired) electrons. The maximum atomic E-state index is 12.9. The molecular weight excluding hydrogens is 464 g/mol. The molecule has 1 amide bonds. The third-order valence-electron chi connectivity index (χ3n) is 6.47. The molecule has 0 spiro atoms. The molecule has 1 aromatic heterocycles. The van der Waals surface area contributed by atoms with Gasteiger partial charge in [-0.2, -0.15) is 10.0 Å². The Labute approximate surface area is 208 Å². The number of amides is 1. The van der Waals surface area contributed by atoms with E-state index in [1.807, 2.05) is 38.1 Å². The van der Waals surface area contributed by atoms with Crippen LogP contribution in [0.25, 0.3) is 11.8 Å². The van der Waals surface area contributed by atoms with Gasteiger partial charge in [0.25, 0.3) is 5.91 Å². The molecule has 1 aromatic carbocycles. The maximum absolute atomic E-state index is 12.9. The summed E-state index contributed by atoms with van der Waals surface area (Å²) in [4.78, 5) is 19.4. The van der Waals surface area contributed by atoms with E-state index in [0.717, 1.165) is 53.7 Å². The van der Waals surface area contributed by atoms with Crippen molar-refractivity contribution in [2.45, 2.75) is 33.1 Å². The van der Waals surface area contributed by atoms with Crippen molar-refractivity contribution in [2.75, 3.05) is 27.3 Å². The van der Waals surface area contributed by atoms with Crippen LogP contribution in [0.5, 0.6) is 11.5 Å². The smallest absolute Gasteiger partial charge is 0.283 e. The number of piperidine rings is 1. The van der Waals surface area contributed by atoms with Gasteiger partial charge in [0.05, 0.1) is 25.5 Å². The fraction of sp³-hybridized carbons (Fsp3) is 0.360. The average Bonchev–Trinajstić information content (AvgIpc) is 3.42. The highest BCUT2D eigenvalue weighted by Gasteiger charge is 2.37. The Morgan fingerprint density at radius 1 is 1.06 bits per heavy atom. The van der Waals surface area contributed by atoms with Crippen LogP contribution in [0.2, 0.25) is 0 Å². The summed E-state index contributed by atoms with van der Waals surface area (Å²) in [5, 5.41) is 16.1. The molecule has 4 heterocycles. The number of carbonyl (C=O) groups is 1. The molecule has 182 valence electrons. The van der Waals surface area contributed by atoms with E-state index in [-0.39, 0.29) is 11.4 Å². The van der Waals surface area contributed by atoms with Gasteiger partial charge in [0.1, 0.15) is 11.5 Å². The molecule has 3 aliphatic heterocycles. The van der Waals surface area contributed by atoms with Crippen LogP contribution in [0.3, 0.4) is 0 Å². The summed E-state index contributed by atoms with van der Waals surface area (Å²) in [6.45, 7) is 5.86. The zero-order valence-corrected chi connectivity index (χ0v) is 21.1. The molecule has 0 unspecified atom stereocenters. The van der Waals surface area contributed by atoms with Gasteiger partial charge in [0.2, 0.25) is 5.17 Å². The first-order valence-electron chi connectivity index (χ1n) is 11.6. The molecule has 0 aliphatic carbocycles. The molecule has 1 saturated heterocycles. The summed E-state index contributed by atoms with van der Waals surface area (Å²) < 4.78 is 13.0. The van der Waals surface area contributed by atoms with E-state index in [0.29, 0.717) is 16.7 Å². The number of aryl methyl sites for hydroxylation is 1. The summed E-state index contributed by atoms with van der Waals surface area (Å²) in [5.74, 6) is 1.01. The third kappa shape index (κ3) is 4.12. The monoisotopic (exact) mass is 492 g/mol. The van der Waals surface area contributed by atoms with E-state index in [9.17, 15) is 4.79 Å². The van der Waals surface area contributed by atoms with Crippen LogP contribution >= 0.6 is 11.8 Å². The molecule has 1 N–H and O–H groups in total. The summed E-state index contributed by atoms with van der Waals surface area (Å²) in [7, 11) is 3.24. The molecule has 35 heavy (non-hydrogen) atoms. The van der Waals surface area contributed by atoms with Gasteiger partial charge in [-0.15, -0.1) is 5.10 Å². The number of nitrogens with zero attached hydrogens (tertiary/aromatic N) is 5. The van der Waals surface area contributed by atoms with Crippen LogP contribution in [-0.2, 0) is 4.79 Å². The van der Waals surface area contributed by atoms with E-state index in [1.54, 1.807) is 20.3 Å². The first-order valence-corrected chi connectivity index (χ1v) is 12.4. The van der Waals surface area contributed by atoms with Crippen molar-refractivity contribution in [3.05, 3.63) is 46.8 Å². The summed E-state index contributed by atoms with van der Waals surface area (Å²) >= 11 is 1.37. The van der Waals surface area contributed by atoms with E-state index in [2.05, 4.69) is 19.6 Å². The second-order valence-corrected chi connectivity index (χ2v) is 9.58. The highest BCUT2D eigenvalue weighted by atomic mass is 32.2. The number of ether oxygens (including phenoxy) is 2. The molecule has 9 nitrogen and oxygen atoms in total. The number of hydrazone groups is 1. The lowest BCUT2D eigenvalue weighted by molar-refractivity contribution is -0.114. The number of carbonyl (C=O) groups excluding carboxylic acids is 1. The number of hydrogen-bond donors (Lipinski definition) is 1. The number of aromatic nitrogens is 1. The van der Waals surface area contributed by atoms with Crippen molar-refractivity contribution in [1.82, 2.24) is 14.5 Å². The molecule has 0 bridgehead atoms. The lowest BCUT2D eigenvalue weighted by Crippen LogP contribution is -2.35. The third-order valence-corrected chi connectivity index (χ3v) is 7.44. The minimum atomic E-state index is -0.421. The molecule has 2 aromatic rings. The van der Waals surface area contributed by atoms with E-state index >= 15 is 0 Å². The fourth-order valence-corrected chi connectivity index (χ4v) is 5.57. The van der Waals surface area contributed by atoms with Crippen LogP contribution < -0.4 is 9.47 Å². The van der Waals surface area contributed by atoms with Crippen LogP contribution in [0.4, 0.5) is 0 Å². The van der Waals surface area contributed by atoms with Crippen LogP contribution in [-0.4, -0.2) is 63.9 Å². The Kier molecular flexibility index (Phi) is 6.14. The SMILES string of the molecule is COc1ccc(-n2c(C)cc(/C=C3/C(=N)N4N=C(N5CCCCC5)SC4=NC3=O)c2C)c(OC)c1. The van der Waals surface area contributed by atoms with Crippen molar-refractivity contribution in [3.63, 3.8) is 0 Å². The minimum absolute atomic E-state index is 0.0475. The Morgan fingerprint density at radius 2 is 1.83 bits per heavy atom. The zero-order chi connectivity index (χ0) is 24.7. The Morgan fingerprint density at radius 3 is 2.54 bits per heavy atom. The number of amidine groups is 3. The molecule has 0 saturated carbocycles. The number of rotatable bonds is 4. The van der Waals surface area contributed by atoms with Crippen molar-refractivity contribution >= 4 is 39.9 Å². The van der Waals surface area contributed by atoms with Crippen molar-refractivity contribution in [2.24, 2.45) is 10.1 Å². The number of nitrogens with one attached hydrogen (secondary N) is 1. The van der Waals surface area contributed by atoms with E-state index in [4.69, 9.17) is 14.9 Å². The highest BCUT2D eigenvalue weighted by Crippen LogP contribution is 2.34. The van der Waals surface area contributed by atoms with Crippen LogP contribution in [0.1, 0.15) is 36.2 Å². The minimum Gasteiger partial charge on any atom is -0.497 e. The normalized spacial score (nSPS) is 19.1. The molecule has 3 aliphatic rings. The predicted molar refractivity (Wildman–Crippen MR) is 139 cm³/mol. The van der Waals surface area contributed by atoms with Gasteiger partial charge >= 0.3 is 0 Å². The number of benzene rings is 1. The number of aliphatic imine (C=N–C) groups is 1. The first kappa shape index (κ1) is 23.2. The topological polar surface area (TPSA) is 95.5 Å². The second-order valence-electron chi connectivity index (χ2n) is 8.65. The van der Waals surface area contributed by atoms with Crippen LogP contribution in [0.15, 0.2) is 39.9 Å².